The van der Waals surface area contributed by atoms with Gasteiger partial charge in [-0.25, -0.2) is 4.79 Å². The molecule has 6 heteroatoms. The van der Waals surface area contributed by atoms with E-state index in [0.717, 1.165) is 38.1 Å². The molecule has 1 N–H and O–H groups in total. The fourth-order valence-electron chi connectivity index (χ4n) is 3.73. The number of nitrogens with one attached hydrogen (secondary N) is 1. The van der Waals surface area contributed by atoms with Crippen LogP contribution in [-0.4, -0.2) is 23.8 Å². The summed E-state index contributed by atoms with van der Waals surface area (Å²) >= 11 is 3.42. The highest BCUT2D eigenvalue weighted by Crippen LogP contribution is 2.26. The Morgan fingerprint density at radius 2 is 2.00 bits per heavy atom. The van der Waals surface area contributed by atoms with Crippen LogP contribution in [0, 0.1) is 6.92 Å². The molecule has 0 amide bonds. The number of halogens is 1. The second kappa shape index (κ2) is 9.49. The van der Waals surface area contributed by atoms with Crippen LogP contribution in [0.3, 0.4) is 0 Å². The van der Waals surface area contributed by atoms with Crippen LogP contribution in [0.25, 0.3) is 6.08 Å². The van der Waals surface area contributed by atoms with Gasteiger partial charge in [-0.3, -0.25) is 9.78 Å². The standard InChI is InChI=1S/C26H23BrN2O3/c1-16-6-7-17(9-25(30)18-4-3-5-22(27)11-18)8-21(16)14-28-23-12-19-10-20(26(31)32-2)13-24(19)29-15-23/h3-8,10-12,15,28H,9,13-14H2,1-2H3. The van der Waals surface area contributed by atoms with Gasteiger partial charge in [0.15, 0.2) is 5.78 Å². The molecule has 32 heavy (non-hydrogen) atoms. The molecule has 1 heterocycles. The number of aryl methyl sites for hydroxylation is 1. The summed E-state index contributed by atoms with van der Waals surface area (Å²) in [6.45, 7) is 2.67. The molecule has 0 radical (unpaired) electrons. The predicted molar refractivity (Wildman–Crippen MR) is 129 cm³/mol. The summed E-state index contributed by atoms with van der Waals surface area (Å²) in [5.41, 5.74) is 7.25. The molecule has 1 aliphatic carbocycles. The van der Waals surface area contributed by atoms with Crippen molar-refractivity contribution in [2.24, 2.45) is 0 Å². The smallest absolute Gasteiger partial charge is 0.334 e. The number of esters is 1. The van der Waals surface area contributed by atoms with E-state index in [0.29, 0.717) is 30.5 Å². The van der Waals surface area contributed by atoms with Gasteiger partial charge in [0.1, 0.15) is 0 Å². The Morgan fingerprint density at radius 3 is 2.78 bits per heavy atom. The molecule has 3 aromatic rings. The van der Waals surface area contributed by atoms with E-state index in [2.05, 4.69) is 39.2 Å². The van der Waals surface area contributed by atoms with E-state index in [1.54, 1.807) is 6.20 Å². The molecule has 0 fully saturated rings. The lowest BCUT2D eigenvalue weighted by Gasteiger charge is -2.12. The lowest BCUT2D eigenvalue weighted by molar-refractivity contribution is -0.136. The Kier molecular flexibility index (Phi) is 6.51. The molecule has 0 bridgehead atoms. The normalized spacial score (nSPS) is 12.2. The topological polar surface area (TPSA) is 68.3 Å². The third-order valence-corrected chi connectivity index (χ3v) is 6.04. The number of carbonyl (C=O) groups is 2. The zero-order valence-electron chi connectivity index (χ0n) is 17.9. The van der Waals surface area contributed by atoms with Gasteiger partial charge < -0.3 is 10.1 Å². The molecule has 4 rings (SSSR count). The maximum Gasteiger partial charge on any atom is 0.334 e. The Bertz CT molecular complexity index is 1230. The minimum absolute atomic E-state index is 0.0880. The number of fused-ring (bicyclic) bond motifs is 1. The molecule has 0 spiro atoms. The lowest BCUT2D eigenvalue weighted by Crippen LogP contribution is -2.07. The first-order valence-corrected chi connectivity index (χ1v) is 11.1. The summed E-state index contributed by atoms with van der Waals surface area (Å²) in [7, 11) is 1.38. The molecule has 0 unspecified atom stereocenters. The highest BCUT2D eigenvalue weighted by Gasteiger charge is 2.20. The van der Waals surface area contributed by atoms with Crippen LogP contribution in [0.4, 0.5) is 5.69 Å². The number of pyridine rings is 1. The van der Waals surface area contributed by atoms with E-state index >= 15 is 0 Å². The van der Waals surface area contributed by atoms with Gasteiger partial charge in [-0.1, -0.05) is 46.3 Å². The van der Waals surface area contributed by atoms with Gasteiger partial charge in [0.05, 0.1) is 24.7 Å². The van der Waals surface area contributed by atoms with Crippen LogP contribution in [0.2, 0.25) is 0 Å². The minimum atomic E-state index is -0.317. The lowest BCUT2D eigenvalue weighted by atomic mass is 9.99. The summed E-state index contributed by atoms with van der Waals surface area (Å²) in [6, 6.07) is 15.6. The van der Waals surface area contributed by atoms with Crippen molar-refractivity contribution in [2.45, 2.75) is 26.3 Å². The monoisotopic (exact) mass is 490 g/mol. The van der Waals surface area contributed by atoms with Crippen LogP contribution < -0.4 is 5.32 Å². The number of benzene rings is 2. The van der Waals surface area contributed by atoms with Crippen LogP contribution in [0.15, 0.2) is 64.8 Å². The number of anilines is 1. The van der Waals surface area contributed by atoms with Gasteiger partial charge in [-0.05, 0) is 53.5 Å². The van der Waals surface area contributed by atoms with Gasteiger partial charge in [0.25, 0.3) is 0 Å². The molecule has 5 nitrogen and oxygen atoms in total. The number of nitrogens with zero attached hydrogens (tertiary/aromatic N) is 1. The number of hydrogen-bond acceptors (Lipinski definition) is 5. The SMILES string of the molecule is COC(=O)C1=Cc2cc(NCc3cc(CC(=O)c4cccc(Br)c4)ccc3C)cnc2C1. The third kappa shape index (κ3) is 4.97. The second-order valence-electron chi connectivity index (χ2n) is 7.82. The van der Waals surface area contributed by atoms with Crippen molar-refractivity contribution in [3.05, 3.63) is 98.3 Å². The van der Waals surface area contributed by atoms with E-state index in [-0.39, 0.29) is 11.8 Å². The average molecular weight is 491 g/mol. The zero-order chi connectivity index (χ0) is 22.7. The molecule has 1 aliphatic rings. The van der Waals surface area contributed by atoms with Gasteiger partial charge in [-0.2, -0.15) is 0 Å². The summed E-state index contributed by atoms with van der Waals surface area (Å²) in [6.07, 6.45) is 4.46. The van der Waals surface area contributed by atoms with Crippen molar-refractivity contribution in [1.82, 2.24) is 4.98 Å². The fraction of sp³-hybridized carbons (Fsp3) is 0.192. The van der Waals surface area contributed by atoms with E-state index in [1.807, 2.05) is 48.5 Å². The van der Waals surface area contributed by atoms with E-state index in [1.165, 1.54) is 7.11 Å². The number of Topliss-reactive ketones (excluding diaryl/α,β-unsaturated/α-hetero) is 1. The molecule has 0 aliphatic heterocycles. The minimum Gasteiger partial charge on any atom is -0.466 e. The first-order chi connectivity index (χ1) is 15.4. The van der Waals surface area contributed by atoms with Crippen molar-refractivity contribution in [3.8, 4) is 0 Å². The molecule has 162 valence electrons. The number of aromatic nitrogens is 1. The highest BCUT2D eigenvalue weighted by atomic mass is 79.9. The quantitative estimate of drug-likeness (QED) is 0.359. The third-order valence-electron chi connectivity index (χ3n) is 5.55. The molecule has 1 aromatic heterocycles. The summed E-state index contributed by atoms with van der Waals surface area (Å²) in [5, 5.41) is 3.41. The van der Waals surface area contributed by atoms with Crippen molar-refractivity contribution < 1.29 is 14.3 Å². The Morgan fingerprint density at radius 1 is 1.16 bits per heavy atom. The first kappa shape index (κ1) is 22.0. The van der Waals surface area contributed by atoms with Gasteiger partial charge in [0.2, 0.25) is 0 Å². The van der Waals surface area contributed by atoms with Crippen LogP contribution in [0.5, 0.6) is 0 Å². The van der Waals surface area contributed by atoms with Crippen LogP contribution in [-0.2, 0) is 28.9 Å². The van der Waals surface area contributed by atoms with E-state index in [4.69, 9.17) is 4.74 Å². The number of methoxy groups -OCH3 is 1. The van der Waals surface area contributed by atoms with Crippen molar-refractivity contribution in [1.29, 1.82) is 0 Å². The summed E-state index contributed by atoms with van der Waals surface area (Å²) < 4.78 is 5.71. The van der Waals surface area contributed by atoms with Crippen molar-refractivity contribution >= 4 is 39.4 Å². The van der Waals surface area contributed by atoms with Gasteiger partial charge >= 0.3 is 5.97 Å². The molecule has 0 saturated carbocycles. The predicted octanol–water partition coefficient (Wildman–Crippen LogP) is 5.30. The number of ketones is 1. The molecule has 0 atom stereocenters. The van der Waals surface area contributed by atoms with E-state index < -0.39 is 0 Å². The Hall–Kier alpha value is -3.25. The largest absolute Gasteiger partial charge is 0.466 e. The number of hydrogen-bond donors (Lipinski definition) is 1. The number of ether oxygens (including phenoxy) is 1. The molecular weight excluding hydrogens is 468 g/mol. The van der Waals surface area contributed by atoms with E-state index in [9.17, 15) is 9.59 Å². The first-order valence-electron chi connectivity index (χ1n) is 10.3. The van der Waals surface area contributed by atoms with Gasteiger partial charge in [0, 0.05) is 35.0 Å². The molecular formula is C26H23BrN2O3. The van der Waals surface area contributed by atoms with Crippen LogP contribution >= 0.6 is 15.9 Å². The zero-order valence-corrected chi connectivity index (χ0v) is 19.5. The highest BCUT2D eigenvalue weighted by molar-refractivity contribution is 9.10. The van der Waals surface area contributed by atoms with Gasteiger partial charge in [-0.15, -0.1) is 0 Å². The second-order valence-corrected chi connectivity index (χ2v) is 8.74. The average Bonchev–Trinajstić information content (AvgIpc) is 3.22. The fourth-order valence-corrected chi connectivity index (χ4v) is 4.13. The van der Waals surface area contributed by atoms with Crippen molar-refractivity contribution in [3.63, 3.8) is 0 Å². The molecule has 0 saturated heterocycles. The summed E-state index contributed by atoms with van der Waals surface area (Å²) in [5.74, 6) is -0.229. The molecule has 2 aromatic carbocycles. The number of rotatable bonds is 7. The maximum absolute atomic E-state index is 12.7. The number of carbonyl (C=O) groups excluding carboxylic acids is 2. The Labute approximate surface area is 195 Å². The van der Waals surface area contributed by atoms with Crippen LogP contribution in [0.1, 0.15) is 38.3 Å². The Balaban J connectivity index is 1.45. The summed E-state index contributed by atoms with van der Waals surface area (Å²) in [4.78, 5) is 28.9. The maximum atomic E-state index is 12.7. The van der Waals surface area contributed by atoms with Crippen molar-refractivity contribution in [2.75, 3.05) is 12.4 Å².